The third-order valence-electron chi connectivity index (χ3n) is 9.55. The number of piperidine rings is 1. The molecule has 0 amide bonds. The minimum absolute atomic E-state index is 0.140. The van der Waals surface area contributed by atoms with Crippen molar-refractivity contribution in [2.45, 2.75) is 96.4 Å². The van der Waals surface area contributed by atoms with Crippen molar-refractivity contribution in [2.75, 3.05) is 52.4 Å². The fourth-order valence-corrected chi connectivity index (χ4v) is 7.01. The van der Waals surface area contributed by atoms with Crippen molar-refractivity contribution in [3.8, 4) is 0 Å². The first-order valence-electron chi connectivity index (χ1n) is 15.5. The van der Waals surface area contributed by atoms with E-state index in [4.69, 9.17) is 0 Å². The van der Waals surface area contributed by atoms with E-state index < -0.39 is 0 Å². The van der Waals surface area contributed by atoms with Crippen LogP contribution in [-0.4, -0.2) is 78.9 Å². The number of hydrogen-bond donors (Lipinski definition) is 0. The van der Waals surface area contributed by atoms with Gasteiger partial charge < -0.3 is 14.7 Å². The molecule has 0 spiro atoms. The Bertz CT molecular complexity index is 789. The van der Waals surface area contributed by atoms with Gasteiger partial charge in [-0.15, -0.1) is 0 Å². The van der Waals surface area contributed by atoms with Gasteiger partial charge in [0.05, 0.1) is 0 Å². The average Bonchev–Trinajstić information content (AvgIpc) is 2.88. The average molecular weight is 514 g/mol. The molecule has 1 atom stereocenters. The number of likely N-dealkylation sites (tertiary alicyclic amines) is 1. The lowest BCUT2D eigenvalue weighted by atomic mass is 9.79. The molecule has 0 N–H and O–H groups in total. The Morgan fingerprint density at radius 3 is 2.05 bits per heavy atom. The highest BCUT2D eigenvalue weighted by Crippen LogP contribution is 2.34. The second-order valence-corrected chi connectivity index (χ2v) is 12.4. The van der Waals surface area contributed by atoms with Gasteiger partial charge in [-0.2, -0.15) is 0 Å². The zero-order valence-electron chi connectivity index (χ0n) is 23.7. The maximum Gasteiger partial charge on any atom is 0.136 e. The number of carbonyl (C=O) groups is 1. The van der Waals surface area contributed by atoms with Gasteiger partial charge >= 0.3 is 0 Å². The number of benzene rings is 1. The molecule has 1 aromatic carbocycles. The van der Waals surface area contributed by atoms with Crippen LogP contribution in [0.2, 0.25) is 0 Å². The van der Waals surface area contributed by atoms with E-state index in [0.29, 0.717) is 29.6 Å². The van der Waals surface area contributed by atoms with Crippen molar-refractivity contribution < 1.29 is 9.18 Å². The second-order valence-electron chi connectivity index (χ2n) is 12.4. The molecule has 1 saturated carbocycles. The van der Waals surface area contributed by atoms with Gasteiger partial charge in [-0.1, -0.05) is 44.2 Å². The molecule has 4 rings (SSSR count). The third kappa shape index (κ3) is 8.86. The topological polar surface area (TPSA) is 26.8 Å². The van der Waals surface area contributed by atoms with E-state index in [2.05, 4.69) is 28.5 Å². The van der Waals surface area contributed by atoms with Gasteiger partial charge in [-0.25, -0.2) is 4.39 Å². The van der Waals surface area contributed by atoms with Gasteiger partial charge in [0.15, 0.2) is 0 Å². The van der Waals surface area contributed by atoms with Crippen LogP contribution in [0, 0.1) is 17.7 Å². The maximum atomic E-state index is 13.7. The highest BCUT2D eigenvalue weighted by atomic mass is 19.1. The summed E-state index contributed by atoms with van der Waals surface area (Å²) in [5, 5.41) is 0. The first-order chi connectivity index (χ1) is 18.0. The van der Waals surface area contributed by atoms with Gasteiger partial charge in [0, 0.05) is 51.1 Å². The van der Waals surface area contributed by atoms with E-state index in [0.717, 1.165) is 65.0 Å². The Labute approximate surface area is 226 Å². The van der Waals surface area contributed by atoms with Gasteiger partial charge in [0.1, 0.15) is 11.6 Å². The van der Waals surface area contributed by atoms with E-state index in [9.17, 15) is 9.18 Å². The summed E-state index contributed by atoms with van der Waals surface area (Å²) in [5.41, 5.74) is 1.31. The van der Waals surface area contributed by atoms with Crippen molar-refractivity contribution in [3.63, 3.8) is 0 Å². The predicted molar refractivity (Wildman–Crippen MR) is 152 cm³/mol. The quantitative estimate of drug-likeness (QED) is 0.364. The molecule has 2 heterocycles. The number of hydrogen-bond acceptors (Lipinski definition) is 4. The molecule has 2 saturated heterocycles. The van der Waals surface area contributed by atoms with Crippen LogP contribution < -0.4 is 0 Å². The number of carbonyl (C=O) groups excluding carboxylic acids is 1. The molecule has 3 fully saturated rings. The van der Waals surface area contributed by atoms with Crippen molar-refractivity contribution in [3.05, 3.63) is 35.6 Å². The summed E-state index contributed by atoms with van der Waals surface area (Å²) < 4.78 is 13.7. The monoisotopic (exact) mass is 513 g/mol. The summed E-state index contributed by atoms with van der Waals surface area (Å²) in [7, 11) is 0. The molecule has 2 aliphatic heterocycles. The van der Waals surface area contributed by atoms with Crippen molar-refractivity contribution in [2.24, 2.45) is 11.8 Å². The Morgan fingerprint density at radius 2 is 1.43 bits per heavy atom. The SMILES string of the molecule is CC(C)N1CCC(C(CN2CCN(CCCC(=O)C3CCCCCCC3)CC2)c2ccc(F)cc2)CC1. The first-order valence-corrected chi connectivity index (χ1v) is 15.5. The van der Waals surface area contributed by atoms with Crippen LogP contribution in [0.15, 0.2) is 24.3 Å². The number of rotatable bonds is 10. The van der Waals surface area contributed by atoms with Gasteiger partial charge in [-0.05, 0) is 95.1 Å². The Morgan fingerprint density at radius 1 is 0.838 bits per heavy atom. The molecular weight excluding hydrogens is 461 g/mol. The summed E-state index contributed by atoms with van der Waals surface area (Å²) in [6, 6.07) is 7.95. The molecule has 5 heteroatoms. The Kier molecular flexibility index (Phi) is 11.4. The highest BCUT2D eigenvalue weighted by Gasteiger charge is 2.31. The standard InChI is InChI=1S/C32H52FN3O/c1-26(2)36-19-16-28(17-20-36)31(27-12-14-30(33)15-13-27)25-35-23-21-34(22-24-35)18-8-11-32(37)29-9-6-4-3-5-7-10-29/h12-15,26,28-29,31H,3-11,16-25H2,1-2H3. The van der Waals surface area contributed by atoms with Crippen LogP contribution in [0.25, 0.3) is 0 Å². The van der Waals surface area contributed by atoms with Crippen LogP contribution in [0.5, 0.6) is 0 Å². The summed E-state index contributed by atoms with van der Waals surface area (Å²) in [6.45, 7) is 13.5. The summed E-state index contributed by atoms with van der Waals surface area (Å²) in [5.74, 6) is 1.87. The number of piperazine rings is 1. The van der Waals surface area contributed by atoms with E-state index in [1.54, 1.807) is 12.1 Å². The molecule has 1 aromatic rings. The normalized spacial score (nSPS) is 23.1. The van der Waals surface area contributed by atoms with Gasteiger partial charge in [0.2, 0.25) is 0 Å². The molecule has 37 heavy (non-hydrogen) atoms. The molecule has 4 nitrogen and oxygen atoms in total. The van der Waals surface area contributed by atoms with Crippen LogP contribution >= 0.6 is 0 Å². The summed E-state index contributed by atoms with van der Waals surface area (Å²) in [6.07, 6.45) is 13.0. The van der Waals surface area contributed by atoms with Crippen molar-refractivity contribution in [1.82, 2.24) is 14.7 Å². The van der Waals surface area contributed by atoms with E-state index in [1.807, 2.05) is 12.1 Å². The summed E-state index contributed by atoms with van der Waals surface area (Å²) >= 11 is 0. The molecule has 3 aliphatic rings. The smallest absolute Gasteiger partial charge is 0.136 e. The Balaban J connectivity index is 1.23. The molecule has 0 bridgehead atoms. The summed E-state index contributed by atoms with van der Waals surface area (Å²) in [4.78, 5) is 20.6. The van der Waals surface area contributed by atoms with Gasteiger partial charge in [0.25, 0.3) is 0 Å². The van der Waals surface area contributed by atoms with E-state index in [-0.39, 0.29) is 5.82 Å². The first kappa shape index (κ1) is 28.7. The predicted octanol–water partition coefficient (Wildman–Crippen LogP) is 6.36. The Hall–Kier alpha value is -1.30. The van der Waals surface area contributed by atoms with Crippen LogP contribution in [0.1, 0.15) is 96.0 Å². The molecule has 208 valence electrons. The molecule has 1 aliphatic carbocycles. The lowest BCUT2D eigenvalue weighted by Gasteiger charge is -2.41. The molecule has 0 aromatic heterocycles. The van der Waals surface area contributed by atoms with Crippen molar-refractivity contribution in [1.29, 1.82) is 0 Å². The third-order valence-corrected chi connectivity index (χ3v) is 9.55. The minimum atomic E-state index is -0.140. The molecular formula is C32H52FN3O. The van der Waals surface area contributed by atoms with E-state index in [1.165, 1.54) is 63.6 Å². The fourth-order valence-electron chi connectivity index (χ4n) is 7.01. The highest BCUT2D eigenvalue weighted by molar-refractivity contribution is 5.80. The van der Waals surface area contributed by atoms with Crippen LogP contribution in [0.3, 0.4) is 0 Å². The van der Waals surface area contributed by atoms with Crippen LogP contribution in [-0.2, 0) is 4.79 Å². The number of Topliss-reactive ketones (excluding diaryl/α,β-unsaturated/α-hetero) is 1. The molecule has 1 unspecified atom stereocenters. The zero-order chi connectivity index (χ0) is 26.0. The zero-order valence-corrected chi connectivity index (χ0v) is 23.7. The number of nitrogens with zero attached hydrogens (tertiary/aromatic N) is 3. The largest absolute Gasteiger partial charge is 0.301 e. The lowest BCUT2D eigenvalue weighted by Crippen LogP contribution is -2.49. The van der Waals surface area contributed by atoms with E-state index >= 15 is 0 Å². The van der Waals surface area contributed by atoms with Crippen molar-refractivity contribution >= 4 is 5.78 Å². The van der Waals surface area contributed by atoms with Crippen LogP contribution in [0.4, 0.5) is 4.39 Å². The number of ketones is 1. The second kappa shape index (κ2) is 14.7. The fraction of sp³-hybridized carbons (Fsp3) is 0.781. The molecule has 0 radical (unpaired) electrons. The maximum absolute atomic E-state index is 13.7. The van der Waals surface area contributed by atoms with Gasteiger partial charge in [-0.3, -0.25) is 4.79 Å². The minimum Gasteiger partial charge on any atom is -0.301 e. The lowest BCUT2D eigenvalue weighted by molar-refractivity contribution is -0.123. The number of halogens is 1.